The van der Waals surface area contributed by atoms with Gasteiger partial charge in [-0.2, -0.15) is 0 Å². The zero-order valence-corrected chi connectivity index (χ0v) is 18.6. The summed E-state index contributed by atoms with van der Waals surface area (Å²) in [7, 11) is 0. The van der Waals surface area contributed by atoms with Crippen molar-refractivity contribution in [3.8, 4) is 11.3 Å². The second kappa shape index (κ2) is 9.20. The maximum atomic E-state index is 13.4. The number of halogens is 1. The Kier molecular flexibility index (Phi) is 6.19. The highest BCUT2D eigenvalue weighted by Gasteiger charge is 2.22. The summed E-state index contributed by atoms with van der Waals surface area (Å²) in [4.78, 5) is 30.7. The summed E-state index contributed by atoms with van der Waals surface area (Å²) >= 11 is 6.04. The summed E-state index contributed by atoms with van der Waals surface area (Å²) in [5, 5.41) is 3.55. The lowest BCUT2D eigenvalue weighted by molar-refractivity contribution is 0.102. The Morgan fingerprint density at radius 1 is 1.03 bits per heavy atom. The van der Waals surface area contributed by atoms with Crippen molar-refractivity contribution in [2.75, 3.05) is 5.32 Å². The molecule has 2 aromatic carbocycles. The monoisotopic (exact) mass is 443 g/mol. The molecule has 1 amide bonds. The molecule has 0 fully saturated rings. The second-order valence-corrected chi connectivity index (χ2v) is 8.03. The fourth-order valence-electron chi connectivity index (χ4n) is 3.66. The molecule has 2 aromatic heterocycles. The van der Waals surface area contributed by atoms with Crippen LogP contribution in [0.1, 0.15) is 27.2 Å². The summed E-state index contributed by atoms with van der Waals surface area (Å²) in [5.41, 5.74) is 4.30. The largest absolute Gasteiger partial charge is 0.340 e. The Labute approximate surface area is 191 Å². The first-order valence-corrected chi connectivity index (χ1v) is 10.6. The van der Waals surface area contributed by atoms with Crippen molar-refractivity contribution in [3.63, 3.8) is 0 Å². The van der Waals surface area contributed by atoms with Crippen LogP contribution in [0.15, 0.2) is 83.9 Å². The van der Waals surface area contributed by atoms with Crippen molar-refractivity contribution in [1.29, 1.82) is 0 Å². The van der Waals surface area contributed by atoms with Crippen LogP contribution in [-0.4, -0.2) is 15.5 Å². The lowest BCUT2D eigenvalue weighted by Gasteiger charge is -2.20. The number of hydrogen-bond donors (Lipinski definition) is 1. The number of aromatic nitrogens is 2. The van der Waals surface area contributed by atoms with E-state index >= 15 is 0 Å². The van der Waals surface area contributed by atoms with Gasteiger partial charge in [-0.3, -0.25) is 14.6 Å². The van der Waals surface area contributed by atoms with Gasteiger partial charge in [-0.15, -0.1) is 0 Å². The van der Waals surface area contributed by atoms with Gasteiger partial charge in [0.05, 0.1) is 5.69 Å². The first kappa shape index (κ1) is 21.5. The summed E-state index contributed by atoms with van der Waals surface area (Å²) in [6.45, 7) is 4.24. The van der Waals surface area contributed by atoms with Gasteiger partial charge in [-0.05, 0) is 55.3 Å². The van der Waals surface area contributed by atoms with Crippen LogP contribution in [0.3, 0.4) is 0 Å². The first-order chi connectivity index (χ1) is 15.4. The number of carbonyl (C=O) groups excluding carboxylic acids is 1. The van der Waals surface area contributed by atoms with Gasteiger partial charge in [0.2, 0.25) is 0 Å². The highest BCUT2D eigenvalue weighted by atomic mass is 35.5. The van der Waals surface area contributed by atoms with Crippen LogP contribution in [0, 0.1) is 13.8 Å². The summed E-state index contributed by atoms with van der Waals surface area (Å²) in [5.74, 6) is -0.451. The van der Waals surface area contributed by atoms with Crippen LogP contribution in [0.25, 0.3) is 11.3 Å². The van der Waals surface area contributed by atoms with Gasteiger partial charge in [0.15, 0.2) is 5.43 Å². The van der Waals surface area contributed by atoms with E-state index in [-0.39, 0.29) is 11.0 Å². The highest BCUT2D eigenvalue weighted by molar-refractivity contribution is 6.30. The third-order valence-electron chi connectivity index (χ3n) is 5.33. The standard InChI is InChI=1S/C26H22ClN3O2/c1-17-6-3-4-8-22(17)29-26(32)24-23(31)14-18(2)30(16-19-9-11-21(27)12-10-19)25(24)20-7-5-13-28-15-20/h3-15H,16H2,1-2H3,(H,29,32). The molecule has 0 aliphatic heterocycles. The minimum atomic E-state index is -0.451. The molecular weight excluding hydrogens is 422 g/mol. The normalized spacial score (nSPS) is 10.7. The quantitative estimate of drug-likeness (QED) is 0.444. The molecule has 0 aliphatic carbocycles. The van der Waals surface area contributed by atoms with Gasteiger partial charge < -0.3 is 9.88 Å². The summed E-state index contributed by atoms with van der Waals surface area (Å²) < 4.78 is 1.97. The van der Waals surface area contributed by atoms with Crippen LogP contribution in [0.5, 0.6) is 0 Å². The van der Waals surface area contributed by atoms with E-state index in [0.717, 1.165) is 16.8 Å². The predicted molar refractivity (Wildman–Crippen MR) is 128 cm³/mol. The average Bonchev–Trinajstić information content (AvgIpc) is 2.78. The number of rotatable bonds is 5. The molecule has 6 heteroatoms. The average molecular weight is 444 g/mol. The number of carbonyl (C=O) groups is 1. The maximum Gasteiger partial charge on any atom is 0.261 e. The Morgan fingerprint density at radius 3 is 2.47 bits per heavy atom. The molecule has 0 atom stereocenters. The minimum Gasteiger partial charge on any atom is -0.340 e. The smallest absolute Gasteiger partial charge is 0.261 e. The maximum absolute atomic E-state index is 13.4. The molecule has 0 saturated carbocycles. The number of benzene rings is 2. The zero-order chi connectivity index (χ0) is 22.7. The molecule has 5 nitrogen and oxygen atoms in total. The molecule has 4 rings (SSSR count). The number of amides is 1. The van der Waals surface area contributed by atoms with E-state index in [2.05, 4.69) is 10.3 Å². The molecule has 0 saturated heterocycles. The first-order valence-electron chi connectivity index (χ1n) is 10.2. The van der Waals surface area contributed by atoms with Crippen LogP contribution in [-0.2, 0) is 6.54 Å². The molecule has 0 radical (unpaired) electrons. The number of aryl methyl sites for hydroxylation is 2. The van der Waals surface area contributed by atoms with Gasteiger partial charge in [0.25, 0.3) is 5.91 Å². The van der Waals surface area contributed by atoms with Crippen molar-refractivity contribution in [3.05, 3.63) is 117 Å². The van der Waals surface area contributed by atoms with Crippen molar-refractivity contribution in [1.82, 2.24) is 9.55 Å². The van der Waals surface area contributed by atoms with Crippen LogP contribution >= 0.6 is 11.6 Å². The molecule has 0 spiro atoms. The summed E-state index contributed by atoms with van der Waals surface area (Å²) in [6.07, 6.45) is 3.32. The fourth-order valence-corrected chi connectivity index (χ4v) is 3.79. The topological polar surface area (TPSA) is 64.0 Å². The van der Waals surface area contributed by atoms with Gasteiger partial charge in [0.1, 0.15) is 5.56 Å². The van der Waals surface area contributed by atoms with Crippen LogP contribution in [0.4, 0.5) is 5.69 Å². The lowest BCUT2D eigenvalue weighted by Crippen LogP contribution is -2.27. The van der Waals surface area contributed by atoms with Gasteiger partial charge in [-0.1, -0.05) is 41.9 Å². The fraction of sp³-hybridized carbons (Fsp3) is 0.115. The molecular formula is C26H22ClN3O2. The Bertz CT molecular complexity index is 1330. The molecule has 4 aromatic rings. The van der Waals surface area contributed by atoms with Crippen molar-refractivity contribution in [2.45, 2.75) is 20.4 Å². The van der Waals surface area contributed by atoms with E-state index in [0.29, 0.717) is 28.5 Å². The molecule has 0 unspecified atom stereocenters. The van der Waals surface area contributed by atoms with Gasteiger partial charge in [0, 0.05) is 47.0 Å². The van der Waals surface area contributed by atoms with E-state index in [1.165, 1.54) is 6.07 Å². The Balaban J connectivity index is 1.89. The molecule has 1 N–H and O–H groups in total. The number of hydrogen-bond acceptors (Lipinski definition) is 3. The molecule has 2 heterocycles. The predicted octanol–water partition coefficient (Wildman–Crippen LogP) is 5.48. The molecule has 0 bridgehead atoms. The number of para-hydroxylation sites is 1. The number of anilines is 1. The summed E-state index contributed by atoms with van der Waals surface area (Å²) in [6, 6.07) is 20.1. The van der Waals surface area contributed by atoms with E-state index in [1.54, 1.807) is 18.5 Å². The van der Waals surface area contributed by atoms with Crippen molar-refractivity contribution < 1.29 is 4.79 Å². The van der Waals surface area contributed by atoms with Gasteiger partial charge >= 0.3 is 0 Å². The lowest BCUT2D eigenvalue weighted by atomic mass is 10.0. The van der Waals surface area contributed by atoms with Crippen LogP contribution in [0.2, 0.25) is 5.02 Å². The Morgan fingerprint density at radius 2 is 1.78 bits per heavy atom. The Hall–Kier alpha value is -3.70. The zero-order valence-electron chi connectivity index (χ0n) is 17.8. The van der Waals surface area contributed by atoms with Crippen molar-refractivity contribution >= 4 is 23.2 Å². The van der Waals surface area contributed by atoms with Crippen molar-refractivity contribution in [2.24, 2.45) is 0 Å². The third kappa shape index (κ3) is 4.48. The van der Waals surface area contributed by atoms with Crippen LogP contribution < -0.4 is 10.7 Å². The number of pyridine rings is 2. The van der Waals surface area contributed by atoms with E-state index in [9.17, 15) is 9.59 Å². The van der Waals surface area contributed by atoms with E-state index in [4.69, 9.17) is 11.6 Å². The van der Waals surface area contributed by atoms with Gasteiger partial charge in [-0.25, -0.2) is 0 Å². The number of nitrogens with zero attached hydrogens (tertiary/aromatic N) is 2. The molecule has 0 aliphatic rings. The second-order valence-electron chi connectivity index (χ2n) is 7.60. The SMILES string of the molecule is Cc1ccccc1NC(=O)c1c(-c2cccnc2)n(Cc2ccc(Cl)cc2)c(C)cc1=O. The van der Waals surface area contributed by atoms with E-state index < -0.39 is 5.91 Å². The van der Waals surface area contributed by atoms with E-state index in [1.807, 2.05) is 73.0 Å². The highest BCUT2D eigenvalue weighted by Crippen LogP contribution is 2.25. The third-order valence-corrected chi connectivity index (χ3v) is 5.58. The number of nitrogens with one attached hydrogen (secondary N) is 1. The molecule has 160 valence electrons. The molecule has 32 heavy (non-hydrogen) atoms. The minimum absolute atomic E-state index is 0.0841.